The van der Waals surface area contributed by atoms with Crippen molar-refractivity contribution in [1.82, 2.24) is 5.32 Å². The maximum Gasteiger partial charge on any atom is 0.283 e. The van der Waals surface area contributed by atoms with E-state index in [0.29, 0.717) is 6.54 Å². The molecule has 2 N–H and O–H groups in total. The molecule has 7 nitrogen and oxygen atoms in total. The average Bonchev–Trinajstić information content (AvgIpc) is 2.71. The van der Waals surface area contributed by atoms with E-state index in [9.17, 15) is 24.1 Å². The zero-order chi connectivity index (χ0) is 22.1. The Balaban J connectivity index is 2.06. The monoisotopic (exact) mass is 453 g/mol. The molecule has 0 bridgehead atoms. The summed E-state index contributed by atoms with van der Waals surface area (Å²) in [6, 6.07) is 7.65. The van der Waals surface area contributed by atoms with Crippen molar-refractivity contribution in [1.29, 1.82) is 0 Å². The molecule has 0 saturated carbocycles. The van der Waals surface area contributed by atoms with Gasteiger partial charge in [-0.3, -0.25) is 19.7 Å². The number of rotatable bonds is 10. The molecule has 0 aliphatic heterocycles. The quantitative estimate of drug-likeness (QED) is 0.227. The Labute approximate surface area is 182 Å². The first-order valence-electron chi connectivity index (χ1n) is 9.26. The first-order valence-corrected chi connectivity index (χ1v) is 10.6. The van der Waals surface area contributed by atoms with Crippen LogP contribution in [-0.4, -0.2) is 29.0 Å². The number of unbranched alkanes of at least 4 members (excludes halogenated alkanes) is 2. The lowest BCUT2D eigenvalue weighted by Crippen LogP contribution is -2.26. The van der Waals surface area contributed by atoms with Gasteiger partial charge in [-0.15, -0.1) is 11.8 Å². The van der Waals surface area contributed by atoms with Crippen molar-refractivity contribution in [2.75, 3.05) is 17.6 Å². The van der Waals surface area contributed by atoms with Crippen LogP contribution in [0.3, 0.4) is 0 Å². The van der Waals surface area contributed by atoms with E-state index in [1.165, 1.54) is 24.3 Å². The molecule has 2 aromatic carbocycles. The molecular weight excluding hydrogens is 433 g/mol. The van der Waals surface area contributed by atoms with Crippen LogP contribution < -0.4 is 10.6 Å². The molecular formula is C20H21ClFN3O4S. The lowest BCUT2D eigenvalue weighted by molar-refractivity contribution is -0.387. The third-order valence-corrected chi connectivity index (χ3v) is 5.36. The number of nitro groups is 1. The van der Waals surface area contributed by atoms with Crippen LogP contribution in [0.15, 0.2) is 41.3 Å². The van der Waals surface area contributed by atoms with Crippen LogP contribution in [0.25, 0.3) is 0 Å². The zero-order valence-electron chi connectivity index (χ0n) is 16.2. The Bertz CT molecular complexity index is 942. The van der Waals surface area contributed by atoms with Crippen LogP contribution in [0.1, 0.15) is 36.5 Å². The molecule has 0 spiro atoms. The summed E-state index contributed by atoms with van der Waals surface area (Å²) >= 11 is 6.69. The van der Waals surface area contributed by atoms with Gasteiger partial charge in [0.15, 0.2) is 0 Å². The molecule has 10 heteroatoms. The molecule has 0 atom stereocenters. The van der Waals surface area contributed by atoms with Crippen molar-refractivity contribution >= 4 is 46.6 Å². The highest BCUT2D eigenvalue weighted by Gasteiger charge is 2.19. The van der Waals surface area contributed by atoms with Gasteiger partial charge in [-0.2, -0.15) is 0 Å². The van der Waals surface area contributed by atoms with Crippen molar-refractivity contribution in [3.63, 3.8) is 0 Å². The molecule has 160 valence electrons. The number of nitro benzene ring substituents is 1. The first-order chi connectivity index (χ1) is 14.3. The smallest absolute Gasteiger partial charge is 0.283 e. The molecule has 0 aliphatic rings. The van der Waals surface area contributed by atoms with Gasteiger partial charge in [-0.05, 0) is 36.8 Å². The predicted octanol–water partition coefficient (Wildman–Crippen LogP) is 5.04. The van der Waals surface area contributed by atoms with Gasteiger partial charge in [0.2, 0.25) is 5.91 Å². The van der Waals surface area contributed by atoms with Crippen LogP contribution in [0, 0.1) is 15.9 Å². The Morgan fingerprint density at radius 2 is 1.97 bits per heavy atom. The number of nitrogens with zero attached hydrogens (tertiary/aromatic N) is 1. The average molecular weight is 454 g/mol. The summed E-state index contributed by atoms with van der Waals surface area (Å²) in [6.07, 6.45) is 2.94. The number of carbonyl (C=O) groups is 2. The highest BCUT2D eigenvalue weighted by atomic mass is 35.5. The first kappa shape index (κ1) is 23.6. The van der Waals surface area contributed by atoms with Crippen LogP contribution >= 0.6 is 23.4 Å². The lowest BCUT2D eigenvalue weighted by atomic mass is 10.2. The summed E-state index contributed by atoms with van der Waals surface area (Å²) in [7, 11) is 0. The van der Waals surface area contributed by atoms with Gasteiger partial charge in [-0.25, -0.2) is 4.39 Å². The summed E-state index contributed by atoms with van der Waals surface area (Å²) in [6.45, 7) is 2.63. The maximum absolute atomic E-state index is 13.9. The van der Waals surface area contributed by atoms with Crippen molar-refractivity contribution in [2.24, 2.45) is 0 Å². The second-order valence-corrected chi connectivity index (χ2v) is 7.82. The van der Waals surface area contributed by atoms with Crippen LogP contribution in [0.4, 0.5) is 15.8 Å². The number of amides is 2. The van der Waals surface area contributed by atoms with Gasteiger partial charge in [0.25, 0.3) is 11.6 Å². The number of thioether (sulfide) groups is 1. The van der Waals surface area contributed by atoms with E-state index in [4.69, 9.17) is 11.6 Å². The van der Waals surface area contributed by atoms with E-state index in [1.54, 1.807) is 0 Å². The van der Waals surface area contributed by atoms with Gasteiger partial charge in [0, 0.05) is 23.2 Å². The summed E-state index contributed by atoms with van der Waals surface area (Å²) in [4.78, 5) is 35.3. The van der Waals surface area contributed by atoms with E-state index in [1.807, 2.05) is 0 Å². The number of anilines is 1. The Morgan fingerprint density at radius 3 is 2.63 bits per heavy atom. The van der Waals surface area contributed by atoms with Crippen molar-refractivity contribution < 1.29 is 18.9 Å². The van der Waals surface area contributed by atoms with Crippen molar-refractivity contribution in [3.8, 4) is 0 Å². The van der Waals surface area contributed by atoms with Gasteiger partial charge < -0.3 is 10.6 Å². The molecule has 0 aliphatic carbocycles. The second-order valence-electron chi connectivity index (χ2n) is 6.36. The minimum absolute atomic E-state index is 0.00980. The molecule has 0 fully saturated rings. The Kier molecular flexibility index (Phi) is 9.07. The number of benzene rings is 2. The molecule has 2 amide bonds. The highest BCUT2D eigenvalue weighted by Crippen LogP contribution is 2.30. The maximum atomic E-state index is 13.9. The third kappa shape index (κ3) is 7.00. The van der Waals surface area contributed by atoms with Crippen molar-refractivity contribution in [3.05, 3.63) is 62.9 Å². The molecule has 0 saturated heterocycles. The van der Waals surface area contributed by atoms with Crippen LogP contribution in [0.5, 0.6) is 0 Å². The van der Waals surface area contributed by atoms with Gasteiger partial charge in [0.1, 0.15) is 5.82 Å². The summed E-state index contributed by atoms with van der Waals surface area (Å²) in [5.41, 5.74) is -0.405. The zero-order valence-corrected chi connectivity index (χ0v) is 17.8. The van der Waals surface area contributed by atoms with Crippen LogP contribution in [-0.2, 0) is 4.79 Å². The molecule has 2 rings (SSSR count). The van der Waals surface area contributed by atoms with E-state index in [-0.39, 0.29) is 38.5 Å². The minimum Gasteiger partial charge on any atom is -0.355 e. The molecule has 2 aromatic rings. The highest BCUT2D eigenvalue weighted by molar-refractivity contribution is 8.00. The number of nitrogens with one attached hydrogen (secondary N) is 2. The SMILES string of the molecule is CCCCCNC(=O)CSc1ccc(C(=O)Nc2ccc(Cl)cc2F)cc1[N+](=O)[O-]. The van der Waals surface area contributed by atoms with Gasteiger partial charge >= 0.3 is 0 Å². The third-order valence-electron chi connectivity index (χ3n) is 4.06. The molecule has 0 aromatic heterocycles. The van der Waals surface area contributed by atoms with Crippen molar-refractivity contribution in [2.45, 2.75) is 31.1 Å². The van der Waals surface area contributed by atoms with Gasteiger partial charge in [0.05, 0.1) is 21.3 Å². The summed E-state index contributed by atoms with van der Waals surface area (Å²) in [5.74, 6) is -1.62. The Hall–Kier alpha value is -2.65. The molecule has 0 unspecified atom stereocenters. The number of hydrogen-bond donors (Lipinski definition) is 2. The Morgan fingerprint density at radius 1 is 1.20 bits per heavy atom. The number of halogens is 2. The number of hydrogen-bond acceptors (Lipinski definition) is 5. The molecule has 30 heavy (non-hydrogen) atoms. The second kappa shape index (κ2) is 11.5. The predicted molar refractivity (Wildman–Crippen MR) is 116 cm³/mol. The van der Waals surface area contributed by atoms with Crippen LogP contribution in [0.2, 0.25) is 5.02 Å². The topological polar surface area (TPSA) is 101 Å². The number of carbonyl (C=O) groups excluding carboxylic acids is 2. The van der Waals surface area contributed by atoms with Gasteiger partial charge in [-0.1, -0.05) is 31.4 Å². The largest absolute Gasteiger partial charge is 0.355 e. The van der Waals surface area contributed by atoms with E-state index >= 15 is 0 Å². The molecule has 0 radical (unpaired) electrons. The fourth-order valence-electron chi connectivity index (χ4n) is 2.51. The lowest BCUT2D eigenvalue weighted by Gasteiger charge is -2.09. The summed E-state index contributed by atoms with van der Waals surface area (Å²) < 4.78 is 13.9. The van der Waals surface area contributed by atoms with E-state index < -0.39 is 16.6 Å². The fourth-order valence-corrected chi connectivity index (χ4v) is 3.50. The standard InChI is InChI=1S/C20H21ClFN3O4S/c1-2-3-4-9-23-19(26)12-30-18-8-5-13(10-17(18)25(28)29)20(27)24-16-7-6-14(21)11-15(16)22/h5-8,10-11H,2-4,9,12H2,1H3,(H,23,26)(H,24,27). The normalized spacial score (nSPS) is 10.5. The fraction of sp³-hybridized carbons (Fsp3) is 0.300. The minimum atomic E-state index is -0.720. The van der Waals surface area contributed by atoms with E-state index in [2.05, 4.69) is 17.6 Å². The van der Waals surface area contributed by atoms with E-state index in [0.717, 1.165) is 43.2 Å². The molecule has 0 heterocycles. The summed E-state index contributed by atoms with van der Waals surface area (Å²) in [5, 5.41) is 16.7.